The molecule has 4 N–H and O–H groups in total. The molecule has 3 fully saturated rings. The number of aliphatic hydroxyl groups is 2. The van der Waals surface area contributed by atoms with Crippen LogP contribution in [0.15, 0.2) is 29.0 Å². The molecule has 8 atom stereocenters. The zero-order valence-corrected chi connectivity index (χ0v) is 16.2. The third kappa shape index (κ3) is 2.23. The quantitative estimate of drug-likeness (QED) is 0.329. The maximum atomic E-state index is 16.8. The summed E-state index contributed by atoms with van der Waals surface area (Å²) in [6.45, 7) is 3.23. The monoisotopic (exact) mass is 394 g/mol. The van der Waals surface area contributed by atoms with Crippen molar-refractivity contribution in [1.82, 2.24) is 0 Å². The number of nitrogens with zero attached hydrogens (tertiary/aromatic N) is 1. The minimum atomic E-state index is -2.04. The molecular formula is C21H28F2N2O3. The first-order valence-electron chi connectivity index (χ1n) is 9.96. The van der Waals surface area contributed by atoms with Crippen molar-refractivity contribution in [1.29, 1.82) is 5.41 Å². The lowest BCUT2D eigenvalue weighted by Crippen LogP contribution is -2.68. The summed E-state index contributed by atoms with van der Waals surface area (Å²) in [6, 6.07) is 0. The van der Waals surface area contributed by atoms with Crippen molar-refractivity contribution in [3.8, 4) is 0 Å². The predicted octanol–water partition coefficient (Wildman–Crippen LogP) is 3.19. The lowest BCUT2D eigenvalue weighted by atomic mass is 9.45. The Morgan fingerprint density at radius 2 is 2.04 bits per heavy atom. The number of oxime groups is 1. The normalized spacial score (nSPS) is 51.3. The van der Waals surface area contributed by atoms with Crippen molar-refractivity contribution in [3.63, 3.8) is 0 Å². The van der Waals surface area contributed by atoms with Crippen LogP contribution in [-0.2, 0) is 0 Å². The smallest absolute Gasteiger partial charge is 0.152 e. The van der Waals surface area contributed by atoms with Crippen LogP contribution in [0.1, 0.15) is 39.5 Å². The van der Waals surface area contributed by atoms with Crippen LogP contribution in [0, 0.1) is 34.0 Å². The highest BCUT2D eigenvalue weighted by molar-refractivity contribution is 6.05. The zero-order valence-electron chi connectivity index (χ0n) is 16.2. The van der Waals surface area contributed by atoms with Crippen molar-refractivity contribution in [2.75, 3.05) is 6.61 Å². The van der Waals surface area contributed by atoms with Gasteiger partial charge < -0.3 is 20.8 Å². The molecule has 0 amide bonds. The predicted molar refractivity (Wildman–Crippen MR) is 101 cm³/mol. The van der Waals surface area contributed by atoms with E-state index in [1.807, 2.05) is 6.92 Å². The first kappa shape index (κ1) is 19.7. The van der Waals surface area contributed by atoms with E-state index in [-0.39, 0.29) is 48.3 Å². The van der Waals surface area contributed by atoms with Crippen LogP contribution in [-0.4, -0.2) is 51.4 Å². The highest BCUT2D eigenvalue weighted by Crippen LogP contribution is 2.69. The summed E-state index contributed by atoms with van der Waals surface area (Å²) >= 11 is 0. The number of aliphatic hydroxyl groups excluding tert-OH is 2. The zero-order chi connectivity index (χ0) is 20.5. The van der Waals surface area contributed by atoms with Crippen molar-refractivity contribution in [2.45, 2.75) is 57.5 Å². The molecule has 0 aromatic rings. The summed E-state index contributed by atoms with van der Waals surface area (Å²) in [6.07, 6.45) is 3.11. The molecule has 3 saturated carbocycles. The van der Waals surface area contributed by atoms with Crippen LogP contribution in [0.25, 0.3) is 0 Å². The van der Waals surface area contributed by atoms with Gasteiger partial charge in [0.05, 0.1) is 12.7 Å². The molecule has 4 rings (SSSR count). The standard InChI is InChI=1S/C21H28F2N2O3/c1-19-9-18(27)21(23)14(12(19)3-4-13(19)17(24)10-26)8-16(22)15-7-11(25-28)5-6-20(15,21)2/h5-7,12-14,16,18,24,26-28H,3-4,8-10H2,1-2H3/b24-17?,25-11+/t12-,13?,14?,16-,18?,19?,20?,21-/m0/s1. The van der Waals surface area contributed by atoms with Gasteiger partial charge in [0.15, 0.2) is 5.67 Å². The molecule has 0 saturated heterocycles. The second-order valence-electron chi connectivity index (χ2n) is 9.38. The highest BCUT2D eigenvalue weighted by atomic mass is 19.1. The Kier molecular flexibility index (Phi) is 4.36. The number of hydrogen-bond acceptors (Lipinski definition) is 5. The van der Waals surface area contributed by atoms with Gasteiger partial charge in [-0.2, -0.15) is 0 Å². The largest absolute Gasteiger partial charge is 0.410 e. The van der Waals surface area contributed by atoms with Crippen LogP contribution in [0.2, 0.25) is 0 Å². The second-order valence-corrected chi connectivity index (χ2v) is 9.38. The van der Waals surface area contributed by atoms with E-state index in [9.17, 15) is 10.2 Å². The van der Waals surface area contributed by atoms with Gasteiger partial charge in [-0.05, 0) is 61.7 Å². The summed E-state index contributed by atoms with van der Waals surface area (Å²) in [5, 5.41) is 40.9. The number of alkyl halides is 2. The number of allylic oxidation sites excluding steroid dienone is 4. The maximum Gasteiger partial charge on any atom is 0.152 e. The van der Waals surface area contributed by atoms with E-state index in [0.29, 0.717) is 12.8 Å². The van der Waals surface area contributed by atoms with Gasteiger partial charge in [-0.15, -0.1) is 0 Å². The highest BCUT2D eigenvalue weighted by Gasteiger charge is 2.71. The summed E-state index contributed by atoms with van der Waals surface area (Å²) in [5.41, 5.74) is -3.31. The third-order valence-corrected chi connectivity index (χ3v) is 8.34. The molecule has 7 heteroatoms. The first-order valence-corrected chi connectivity index (χ1v) is 9.96. The molecule has 0 aromatic carbocycles. The Morgan fingerprint density at radius 1 is 1.32 bits per heavy atom. The topological polar surface area (TPSA) is 96.9 Å². The molecule has 4 aliphatic rings. The lowest BCUT2D eigenvalue weighted by molar-refractivity contribution is -0.198. The number of rotatable bonds is 2. The Balaban J connectivity index is 1.81. The average Bonchev–Trinajstić information content (AvgIpc) is 3.00. The van der Waals surface area contributed by atoms with Crippen LogP contribution < -0.4 is 0 Å². The molecule has 5 unspecified atom stereocenters. The fourth-order valence-electron chi connectivity index (χ4n) is 6.96. The lowest BCUT2D eigenvalue weighted by Gasteiger charge is -2.62. The Labute approximate surface area is 163 Å². The minimum Gasteiger partial charge on any atom is -0.410 e. The van der Waals surface area contributed by atoms with Crippen LogP contribution in [0.3, 0.4) is 0 Å². The van der Waals surface area contributed by atoms with Gasteiger partial charge in [0.25, 0.3) is 0 Å². The Morgan fingerprint density at radius 3 is 2.68 bits per heavy atom. The first-order chi connectivity index (χ1) is 13.1. The van der Waals surface area contributed by atoms with E-state index in [1.54, 1.807) is 6.92 Å². The molecule has 154 valence electrons. The van der Waals surface area contributed by atoms with Gasteiger partial charge in [0.2, 0.25) is 0 Å². The fraction of sp³-hybridized carbons (Fsp3) is 0.714. The maximum absolute atomic E-state index is 16.8. The molecule has 0 bridgehead atoms. The number of hydrogen-bond donors (Lipinski definition) is 4. The molecule has 0 heterocycles. The number of fused-ring (bicyclic) bond motifs is 5. The van der Waals surface area contributed by atoms with Gasteiger partial charge in [-0.25, -0.2) is 8.78 Å². The van der Waals surface area contributed by atoms with Crippen LogP contribution in [0.5, 0.6) is 0 Å². The Bertz CT molecular complexity index is 797. The molecule has 0 aromatic heterocycles. The van der Waals surface area contributed by atoms with Crippen molar-refractivity contribution in [2.24, 2.45) is 33.7 Å². The second kappa shape index (κ2) is 6.20. The molecule has 0 radical (unpaired) electrons. The van der Waals surface area contributed by atoms with E-state index in [2.05, 4.69) is 5.16 Å². The molecular weight excluding hydrogens is 366 g/mol. The third-order valence-electron chi connectivity index (χ3n) is 8.34. The summed E-state index contributed by atoms with van der Waals surface area (Å²) < 4.78 is 32.1. The summed E-state index contributed by atoms with van der Waals surface area (Å²) in [7, 11) is 0. The average molecular weight is 394 g/mol. The Hall–Kier alpha value is -1.60. The number of nitrogens with one attached hydrogen (secondary N) is 1. The van der Waals surface area contributed by atoms with E-state index < -0.39 is 34.7 Å². The van der Waals surface area contributed by atoms with Crippen LogP contribution in [0.4, 0.5) is 8.78 Å². The molecule has 28 heavy (non-hydrogen) atoms. The van der Waals surface area contributed by atoms with Crippen molar-refractivity contribution < 1.29 is 24.2 Å². The minimum absolute atomic E-state index is 0.0407. The van der Waals surface area contributed by atoms with Gasteiger partial charge in [-0.1, -0.05) is 18.2 Å². The van der Waals surface area contributed by atoms with Gasteiger partial charge >= 0.3 is 0 Å². The summed E-state index contributed by atoms with van der Waals surface area (Å²) in [4.78, 5) is 0. The molecule has 0 spiro atoms. The van der Waals surface area contributed by atoms with Crippen LogP contribution >= 0.6 is 0 Å². The molecule has 4 aliphatic carbocycles. The van der Waals surface area contributed by atoms with Gasteiger partial charge in [0, 0.05) is 23.0 Å². The van der Waals surface area contributed by atoms with Crippen molar-refractivity contribution in [3.05, 3.63) is 23.8 Å². The SMILES string of the molecule is CC12CC(O)[C@@]3(F)C(C[C@H](F)C4=C/C(=N/O)C=CC43C)[C@@H]1CCC2C(=N)CO. The van der Waals surface area contributed by atoms with Gasteiger partial charge in [-0.3, -0.25) is 0 Å². The van der Waals surface area contributed by atoms with E-state index >= 15 is 8.78 Å². The van der Waals surface area contributed by atoms with E-state index in [4.69, 9.17) is 10.6 Å². The number of halogens is 2. The van der Waals surface area contributed by atoms with Crippen molar-refractivity contribution >= 4 is 11.4 Å². The van der Waals surface area contributed by atoms with E-state index in [0.717, 1.165) is 0 Å². The fourth-order valence-corrected chi connectivity index (χ4v) is 6.96. The summed E-state index contributed by atoms with van der Waals surface area (Å²) in [5.74, 6) is -1.08. The molecule has 0 aliphatic heterocycles. The van der Waals surface area contributed by atoms with E-state index in [1.165, 1.54) is 18.2 Å². The molecule has 5 nitrogen and oxygen atoms in total. The van der Waals surface area contributed by atoms with Gasteiger partial charge in [0.1, 0.15) is 11.9 Å².